The summed E-state index contributed by atoms with van der Waals surface area (Å²) in [4.78, 5) is 12.6. The molecule has 2 nitrogen and oxygen atoms in total. The van der Waals surface area contributed by atoms with Crippen LogP contribution in [-0.2, 0) is 4.79 Å². The van der Waals surface area contributed by atoms with Gasteiger partial charge in [-0.25, -0.2) is 0 Å². The Balaban J connectivity index is 0.000000292. The molecule has 0 spiro atoms. The lowest BCUT2D eigenvalue weighted by Crippen LogP contribution is -2.23. The van der Waals surface area contributed by atoms with Gasteiger partial charge in [-0.1, -0.05) is 20.3 Å². The quantitative estimate of drug-likeness (QED) is 0.570. The standard InChI is InChI=1S/C6H11NO.C3H8/c1-2-7-5-3-4-6(7)8;1-3-2/h2-5H2,1H3;3H2,1-2H3. The van der Waals surface area contributed by atoms with Crippen LogP contribution in [-0.4, -0.2) is 23.9 Å². The maximum Gasteiger partial charge on any atom is 0.222 e. The minimum atomic E-state index is 0.326. The number of likely N-dealkylation sites (tertiary alicyclic amines) is 1. The van der Waals surface area contributed by atoms with E-state index in [1.54, 1.807) is 0 Å². The highest BCUT2D eigenvalue weighted by atomic mass is 16.2. The summed E-state index contributed by atoms with van der Waals surface area (Å²) in [6.07, 6.45) is 3.08. The van der Waals surface area contributed by atoms with Crippen LogP contribution in [0.4, 0.5) is 0 Å². The second-order valence-electron chi connectivity index (χ2n) is 2.78. The van der Waals surface area contributed by atoms with Crippen LogP contribution in [0.2, 0.25) is 0 Å². The van der Waals surface area contributed by atoms with Crippen molar-refractivity contribution in [1.82, 2.24) is 4.90 Å². The molecule has 1 heterocycles. The van der Waals surface area contributed by atoms with Gasteiger partial charge in [0.2, 0.25) is 5.91 Å². The number of hydrogen-bond donors (Lipinski definition) is 0. The highest BCUT2D eigenvalue weighted by molar-refractivity contribution is 5.77. The molecule has 0 saturated carbocycles. The summed E-state index contributed by atoms with van der Waals surface area (Å²) in [7, 11) is 0. The lowest BCUT2D eigenvalue weighted by atomic mass is 10.4. The topological polar surface area (TPSA) is 20.3 Å². The fourth-order valence-corrected chi connectivity index (χ4v) is 1.04. The van der Waals surface area contributed by atoms with E-state index >= 15 is 0 Å². The van der Waals surface area contributed by atoms with Crippen LogP contribution < -0.4 is 0 Å². The van der Waals surface area contributed by atoms with Gasteiger partial charge in [0.15, 0.2) is 0 Å². The molecule has 66 valence electrons. The molecule has 2 heteroatoms. The van der Waals surface area contributed by atoms with Gasteiger partial charge < -0.3 is 4.90 Å². The molecule has 0 radical (unpaired) electrons. The highest BCUT2D eigenvalue weighted by Gasteiger charge is 2.16. The van der Waals surface area contributed by atoms with E-state index in [4.69, 9.17) is 0 Å². The maximum absolute atomic E-state index is 10.7. The molecule has 0 aromatic carbocycles. The van der Waals surface area contributed by atoms with E-state index in [-0.39, 0.29) is 0 Å². The van der Waals surface area contributed by atoms with Crippen molar-refractivity contribution in [3.05, 3.63) is 0 Å². The number of amides is 1. The van der Waals surface area contributed by atoms with E-state index in [2.05, 4.69) is 13.8 Å². The second-order valence-corrected chi connectivity index (χ2v) is 2.78. The van der Waals surface area contributed by atoms with Gasteiger partial charge in [0.25, 0.3) is 0 Å². The smallest absolute Gasteiger partial charge is 0.222 e. The van der Waals surface area contributed by atoms with E-state index in [9.17, 15) is 4.79 Å². The minimum absolute atomic E-state index is 0.326. The average Bonchev–Trinajstić information content (AvgIpc) is 2.36. The Bertz CT molecular complexity index is 112. The molecule has 1 fully saturated rings. The lowest BCUT2D eigenvalue weighted by molar-refractivity contribution is -0.127. The molecular weight excluding hydrogens is 138 g/mol. The fourth-order valence-electron chi connectivity index (χ4n) is 1.04. The van der Waals surface area contributed by atoms with Crippen molar-refractivity contribution in [1.29, 1.82) is 0 Å². The zero-order valence-corrected chi connectivity index (χ0v) is 7.89. The third kappa shape index (κ3) is 4.02. The molecular formula is C9H19NO. The summed E-state index contributed by atoms with van der Waals surface area (Å²) in [6.45, 7) is 8.14. The third-order valence-electron chi connectivity index (χ3n) is 1.55. The molecule has 1 saturated heterocycles. The molecule has 0 N–H and O–H groups in total. The normalized spacial score (nSPS) is 16.3. The second kappa shape index (κ2) is 6.20. The van der Waals surface area contributed by atoms with Crippen molar-refractivity contribution < 1.29 is 4.79 Å². The minimum Gasteiger partial charge on any atom is -0.343 e. The first-order chi connectivity index (χ1) is 5.26. The zero-order chi connectivity index (χ0) is 8.69. The van der Waals surface area contributed by atoms with Gasteiger partial charge in [0, 0.05) is 19.5 Å². The first-order valence-electron chi connectivity index (χ1n) is 4.54. The monoisotopic (exact) mass is 157 g/mol. The third-order valence-corrected chi connectivity index (χ3v) is 1.55. The van der Waals surface area contributed by atoms with E-state index in [0.717, 1.165) is 25.9 Å². The first kappa shape index (κ1) is 10.5. The molecule has 0 aliphatic carbocycles. The molecule has 0 aromatic heterocycles. The molecule has 1 aliphatic heterocycles. The molecule has 1 amide bonds. The summed E-state index contributed by atoms with van der Waals surface area (Å²) in [5.74, 6) is 0.326. The Morgan fingerprint density at radius 2 is 1.91 bits per heavy atom. The van der Waals surface area contributed by atoms with Crippen LogP contribution in [0.1, 0.15) is 40.0 Å². The molecule has 0 atom stereocenters. The molecule has 1 rings (SSSR count). The summed E-state index contributed by atoms with van der Waals surface area (Å²) >= 11 is 0. The van der Waals surface area contributed by atoms with E-state index in [1.807, 2.05) is 11.8 Å². The summed E-state index contributed by atoms with van der Waals surface area (Å²) in [6, 6.07) is 0. The Morgan fingerprint density at radius 1 is 1.36 bits per heavy atom. The molecule has 0 bridgehead atoms. The van der Waals surface area contributed by atoms with E-state index in [0.29, 0.717) is 5.91 Å². The van der Waals surface area contributed by atoms with Crippen molar-refractivity contribution in [2.75, 3.05) is 13.1 Å². The first-order valence-corrected chi connectivity index (χ1v) is 4.54. The van der Waals surface area contributed by atoms with Crippen LogP contribution in [0, 0.1) is 0 Å². The van der Waals surface area contributed by atoms with Crippen molar-refractivity contribution in [2.24, 2.45) is 0 Å². The SMILES string of the molecule is CCC.CCN1CCCC1=O. The van der Waals surface area contributed by atoms with Crippen molar-refractivity contribution in [2.45, 2.75) is 40.0 Å². The van der Waals surface area contributed by atoms with Crippen LogP contribution in [0.5, 0.6) is 0 Å². The van der Waals surface area contributed by atoms with Crippen LogP contribution in [0.25, 0.3) is 0 Å². The highest BCUT2D eigenvalue weighted by Crippen LogP contribution is 2.07. The number of hydrogen-bond acceptors (Lipinski definition) is 1. The molecule has 1 aliphatic rings. The zero-order valence-electron chi connectivity index (χ0n) is 7.89. The van der Waals surface area contributed by atoms with Crippen molar-refractivity contribution >= 4 is 5.91 Å². The summed E-state index contributed by atoms with van der Waals surface area (Å²) in [5, 5.41) is 0. The number of nitrogens with zero attached hydrogens (tertiary/aromatic N) is 1. The Hall–Kier alpha value is -0.530. The van der Waals surface area contributed by atoms with Crippen LogP contribution in [0.3, 0.4) is 0 Å². The van der Waals surface area contributed by atoms with Crippen LogP contribution >= 0.6 is 0 Å². The van der Waals surface area contributed by atoms with E-state index in [1.165, 1.54) is 6.42 Å². The predicted octanol–water partition coefficient (Wildman–Crippen LogP) is 2.04. The maximum atomic E-state index is 10.7. The summed E-state index contributed by atoms with van der Waals surface area (Å²) < 4.78 is 0. The van der Waals surface area contributed by atoms with Gasteiger partial charge in [0.05, 0.1) is 0 Å². The number of carbonyl (C=O) groups excluding carboxylic acids is 1. The molecule has 11 heavy (non-hydrogen) atoms. The van der Waals surface area contributed by atoms with Crippen molar-refractivity contribution in [3.8, 4) is 0 Å². The van der Waals surface area contributed by atoms with Gasteiger partial charge in [-0.3, -0.25) is 4.79 Å². The van der Waals surface area contributed by atoms with Gasteiger partial charge in [-0.05, 0) is 13.3 Å². The molecule has 0 unspecified atom stereocenters. The fraction of sp³-hybridized carbons (Fsp3) is 0.889. The predicted molar refractivity (Wildman–Crippen MR) is 47.5 cm³/mol. The van der Waals surface area contributed by atoms with Gasteiger partial charge in [0.1, 0.15) is 0 Å². The largest absolute Gasteiger partial charge is 0.343 e. The van der Waals surface area contributed by atoms with Gasteiger partial charge >= 0.3 is 0 Å². The lowest BCUT2D eigenvalue weighted by Gasteiger charge is -2.10. The molecule has 0 aromatic rings. The number of rotatable bonds is 1. The van der Waals surface area contributed by atoms with Gasteiger partial charge in [-0.2, -0.15) is 0 Å². The Morgan fingerprint density at radius 3 is 2.09 bits per heavy atom. The number of carbonyl (C=O) groups is 1. The van der Waals surface area contributed by atoms with E-state index < -0.39 is 0 Å². The van der Waals surface area contributed by atoms with Crippen LogP contribution in [0.15, 0.2) is 0 Å². The van der Waals surface area contributed by atoms with Crippen molar-refractivity contribution in [3.63, 3.8) is 0 Å². The Labute approximate surface area is 69.6 Å². The average molecular weight is 157 g/mol. The summed E-state index contributed by atoms with van der Waals surface area (Å²) in [5.41, 5.74) is 0. The Kier molecular flexibility index (Phi) is 5.90. The van der Waals surface area contributed by atoms with Gasteiger partial charge in [-0.15, -0.1) is 0 Å².